The van der Waals surface area contributed by atoms with Gasteiger partial charge in [0.2, 0.25) is 0 Å². The minimum Gasteiger partial charge on any atom is -0.297 e. The molecule has 0 amide bonds. The zero-order valence-corrected chi connectivity index (χ0v) is 12.4. The Morgan fingerprint density at radius 2 is 2.35 bits per heavy atom. The highest BCUT2D eigenvalue weighted by Crippen LogP contribution is 2.23. The lowest BCUT2D eigenvalue weighted by atomic mass is 10.2. The molecule has 0 aromatic heterocycles. The Hall–Kier alpha value is -0.0600. The van der Waals surface area contributed by atoms with Crippen molar-refractivity contribution in [2.75, 3.05) is 18.8 Å². The zero-order chi connectivity index (χ0) is 12.3. The SMILES string of the molecule is CCC1CN(Cc2ccc(F)c(Br)c2)CCS1. The van der Waals surface area contributed by atoms with Crippen LogP contribution in [-0.2, 0) is 6.54 Å². The molecule has 0 radical (unpaired) electrons. The molecule has 1 nitrogen and oxygen atoms in total. The van der Waals surface area contributed by atoms with Crippen molar-refractivity contribution in [2.24, 2.45) is 0 Å². The Labute approximate surface area is 115 Å². The van der Waals surface area contributed by atoms with Crippen LogP contribution in [0.5, 0.6) is 0 Å². The number of halogens is 2. The second kappa shape index (κ2) is 6.21. The number of hydrogen-bond acceptors (Lipinski definition) is 2. The smallest absolute Gasteiger partial charge is 0.137 e. The quantitative estimate of drug-likeness (QED) is 0.831. The molecule has 94 valence electrons. The van der Waals surface area contributed by atoms with Crippen LogP contribution in [0.15, 0.2) is 22.7 Å². The van der Waals surface area contributed by atoms with Gasteiger partial charge in [-0.1, -0.05) is 13.0 Å². The molecule has 0 saturated carbocycles. The summed E-state index contributed by atoms with van der Waals surface area (Å²) in [7, 11) is 0. The average Bonchev–Trinajstić information content (AvgIpc) is 2.34. The van der Waals surface area contributed by atoms with Crippen LogP contribution >= 0.6 is 27.7 Å². The van der Waals surface area contributed by atoms with E-state index < -0.39 is 0 Å². The third kappa shape index (κ3) is 3.70. The van der Waals surface area contributed by atoms with Crippen molar-refractivity contribution < 1.29 is 4.39 Å². The van der Waals surface area contributed by atoms with E-state index in [2.05, 4.69) is 39.5 Å². The van der Waals surface area contributed by atoms with Gasteiger partial charge in [0.25, 0.3) is 0 Å². The van der Waals surface area contributed by atoms with Gasteiger partial charge in [0.05, 0.1) is 4.47 Å². The Kier molecular flexibility index (Phi) is 4.88. The van der Waals surface area contributed by atoms with Gasteiger partial charge in [-0.3, -0.25) is 4.90 Å². The van der Waals surface area contributed by atoms with E-state index in [-0.39, 0.29) is 5.82 Å². The highest BCUT2D eigenvalue weighted by atomic mass is 79.9. The molecule has 1 unspecified atom stereocenters. The number of thioether (sulfide) groups is 1. The molecule has 1 fully saturated rings. The monoisotopic (exact) mass is 317 g/mol. The molecule has 0 aliphatic carbocycles. The molecule has 1 atom stereocenters. The zero-order valence-electron chi connectivity index (χ0n) is 9.96. The van der Waals surface area contributed by atoms with Crippen molar-refractivity contribution in [3.8, 4) is 0 Å². The average molecular weight is 318 g/mol. The van der Waals surface area contributed by atoms with Crippen LogP contribution in [0.4, 0.5) is 4.39 Å². The molecule has 1 aromatic carbocycles. The molecule has 1 aliphatic heterocycles. The summed E-state index contributed by atoms with van der Waals surface area (Å²) in [5, 5.41) is 0.757. The van der Waals surface area contributed by atoms with Crippen LogP contribution in [0.25, 0.3) is 0 Å². The molecule has 0 bridgehead atoms. The summed E-state index contributed by atoms with van der Waals surface area (Å²) < 4.78 is 13.7. The lowest BCUT2D eigenvalue weighted by Gasteiger charge is -2.31. The molecule has 2 rings (SSSR count). The van der Waals surface area contributed by atoms with Crippen molar-refractivity contribution in [2.45, 2.75) is 25.1 Å². The number of benzene rings is 1. The molecule has 0 spiro atoms. The van der Waals surface area contributed by atoms with Gasteiger partial charge in [0.15, 0.2) is 0 Å². The van der Waals surface area contributed by atoms with E-state index in [1.807, 2.05) is 12.1 Å². The second-order valence-electron chi connectivity index (χ2n) is 4.38. The first-order valence-corrected chi connectivity index (χ1v) is 7.81. The van der Waals surface area contributed by atoms with E-state index in [9.17, 15) is 4.39 Å². The minimum absolute atomic E-state index is 0.186. The maximum Gasteiger partial charge on any atom is 0.137 e. The van der Waals surface area contributed by atoms with Gasteiger partial charge in [-0.2, -0.15) is 11.8 Å². The number of rotatable bonds is 3. The molecule has 1 heterocycles. The van der Waals surface area contributed by atoms with Crippen LogP contribution in [0, 0.1) is 5.82 Å². The Balaban J connectivity index is 1.97. The van der Waals surface area contributed by atoms with Gasteiger partial charge in [-0.05, 0) is 40.0 Å². The fourth-order valence-electron chi connectivity index (χ4n) is 2.07. The lowest BCUT2D eigenvalue weighted by molar-refractivity contribution is 0.273. The van der Waals surface area contributed by atoms with E-state index in [1.165, 1.54) is 23.8 Å². The predicted octanol–water partition coefficient (Wildman–Crippen LogP) is 3.92. The summed E-state index contributed by atoms with van der Waals surface area (Å²) in [6.07, 6.45) is 1.23. The molecular weight excluding hydrogens is 301 g/mol. The van der Waals surface area contributed by atoms with Gasteiger partial charge < -0.3 is 0 Å². The number of nitrogens with zero attached hydrogens (tertiary/aromatic N) is 1. The summed E-state index contributed by atoms with van der Waals surface area (Å²) in [5.41, 5.74) is 1.18. The third-order valence-electron chi connectivity index (χ3n) is 3.07. The van der Waals surface area contributed by atoms with E-state index in [1.54, 1.807) is 0 Å². The molecule has 1 aliphatic rings. The molecular formula is C13H17BrFNS. The molecule has 0 N–H and O–H groups in total. The molecule has 1 aromatic rings. The van der Waals surface area contributed by atoms with Gasteiger partial charge in [0, 0.05) is 30.6 Å². The van der Waals surface area contributed by atoms with Gasteiger partial charge in [0.1, 0.15) is 5.82 Å². The van der Waals surface area contributed by atoms with Crippen molar-refractivity contribution >= 4 is 27.7 Å². The fraction of sp³-hybridized carbons (Fsp3) is 0.538. The standard InChI is InChI=1S/C13H17BrFNS/c1-2-11-9-16(5-6-17-11)8-10-3-4-13(15)12(14)7-10/h3-4,7,11H,2,5-6,8-9H2,1H3. The van der Waals surface area contributed by atoms with Gasteiger partial charge in [-0.15, -0.1) is 0 Å². The largest absolute Gasteiger partial charge is 0.297 e. The molecule has 17 heavy (non-hydrogen) atoms. The third-order valence-corrected chi connectivity index (χ3v) is 5.05. The maximum atomic E-state index is 13.1. The Bertz CT molecular complexity index is 386. The lowest BCUT2D eigenvalue weighted by Crippen LogP contribution is -2.37. The fourth-order valence-corrected chi connectivity index (χ4v) is 3.74. The van der Waals surface area contributed by atoms with E-state index >= 15 is 0 Å². The van der Waals surface area contributed by atoms with E-state index in [0.717, 1.165) is 24.9 Å². The van der Waals surface area contributed by atoms with Crippen LogP contribution in [-0.4, -0.2) is 29.0 Å². The normalized spacial score (nSPS) is 21.7. The first kappa shape index (κ1) is 13.4. The highest BCUT2D eigenvalue weighted by Gasteiger charge is 2.18. The van der Waals surface area contributed by atoms with Crippen molar-refractivity contribution in [1.29, 1.82) is 0 Å². The van der Waals surface area contributed by atoms with Crippen LogP contribution < -0.4 is 0 Å². The van der Waals surface area contributed by atoms with Crippen molar-refractivity contribution in [1.82, 2.24) is 4.90 Å². The molecule has 4 heteroatoms. The van der Waals surface area contributed by atoms with Crippen molar-refractivity contribution in [3.63, 3.8) is 0 Å². The predicted molar refractivity (Wildman–Crippen MR) is 75.9 cm³/mol. The summed E-state index contributed by atoms with van der Waals surface area (Å²) in [4.78, 5) is 2.46. The first-order valence-electron chi connectivity index (χ1n) is 5.97. The second-order valence-corrected chi connectivity index (χ2v) is 6.65. The number of hydrogen-bond donors (Lipinski definition) is 0. The van der Waals surface area contributed by atoms with Crippen LogP contribution in [0.3, 0.4) is 0 Å². The summed E-state index contributed by atoms with van der Waals surface area (Å²) in [5.74, 6) is 1.02. The Morgan fingerprint density at radius 3 is 3.06 bits per heavy atom. The summed E-state index contributed by atoms with van der Waals surface area (Å²) >= 11 is 5.31. The van der Waals surface area contributed by atoms with E-state index in [4.69, 9.17) is 0 Å². The van der Waals surface area contributed by atoms with Crippen molar-refractivity contribution in [3.05, 3.63) is 34.1 Å². The molecule has 1 saturated heterocycles. The van der Waals surface area contributed by atoms with Crippen LogP contribution in [0.2, 0.25) is 0 Å². The Morgan fingerprint density at radius 1 is 1.53 bits per heavy atom. The highest BCUT2D eigenvalue weighted by molar-refractivity contribution is 9.10. The van der Waals surface area contributed by atoms with Gasteiger partial charge in [-0.25, -0.2) is 4.39 Å². The first-order chi connectivity index (χ1) is 8.19. The summed E-state index contributed by atoms with van der Waals surface area (Å²) in [6.45, 7) is 5.46. The van der Waals surface area contributed by atoms with E-state index in [0.29, 0.717) is 4.47 Å². The maximum absolute atomic E-state index is 13.1. The van der Waals surface area contributed by atoms with Crippen LogP contribution in [0.1, 0.15) is 18.9 Å². The van der Waals surface area contributed by atoms with Gasteiger partial charge >= 0.3 is 0 Å². The topological polar surface area (TPSA) is 3.24 Å². The summed E-state index contributed by atoms with van der Waals surface area (Å²) in [6, 6.07) is 5.30. The minimum atomic E-state index is -0.186.